The average molecular weight is 517 g/mol. The first-order valence-electron chi connectivity index (χ1n) is 9.13. The molecule has 2 aromatic carbocycles. The van der Waals surface area contributed by atoms with Gasteiger partial charge in [-0.25, -0.2) is 4.39 Å². The Kier molecular flexibility index (Phi) is 10.7. The highest BCUT2D eigenvalue weighted by Gasteiger charge is 2.14. The van der Waals surface area contributed by atoms with Crippen LogP contribution in [0, 0.1) is 5.82 Å². The van der Waals surface area contributed by atoms with E-state index in [-0.39, 0.29) is 36.1 Å². The quantitative estimate of drug-likeness (QED) is 0.319. The first-order chi connectivity index (χ1) is 13.5. The molecule has 2 aromatic rings. The van der Waals surface area contributed by atoms with Crippen molar-refractivity contribution < 1.29 is 19.0 Å². The number of benzene rings is 2. The molecular weight excluding hydrogens is 488 g/mol. The standard InChI is InChI=1S/C21H28FN3O3.HI/c1-5-23-21(24-13-19(26)17-8-6-7-9-18(17)22)25(2)14-15-10-11-16(27-3)12-20(15)28-4;/h6-12,19,26H,5,13-14H2,1-4H3,(H,23,24);1H. The van der Waals surface area contributed by atoms with Gasteiger partial charge in [0.25, 0.3) is 0 Å². The van der Waals surface area contributed by atoms with Crippen molar-refractivity contribution in [3.63, 3.8) is 0 Å². The number of hydrogen-bond acceptors (Lipinski definition) is 4. The summed E-state index contributed by atoms with van der Waals surface area (Å²) >= 11 is 0. The van der Waals surface area contributed by atoms with Gasteiger partial charge in [0.15, 0.2) is 5.96 Å². The molecule has 0 bridgehead atoms. The third kappa shape index (κ3) is 7.04. The lowest BCUT2D eigenvalue weighted by Gasteiger charge is -2.23. The fourth-order valence-corrected chi connectivity index (χ4v) is 2.80. The van der Waals surface area contributed by atoms with Crippen molar-refractivity contribution in [2.45, 2.75) is 19.6 Å². The highest BCUT2D eigenvalue weighted by atomic mass is 127. The summed E-state index contributed by atoms with van der Waals surface area (Å²) in [7, 11) is 5.11. The van der Waals surface area contributed by atoms with Crippen LogP contribution >= 0.6 is 24.0 Å². The second-order valence-corrected chi connectivity index (χ2v) is 6.27. The van der Waals surface area contributed by atoms with E-state index < -0.39 is 11.9 Å². The zero-order valence-corrected chi connectivity index (χ0v) is 19.5. The van der Waals surface area contributed by atoms with Gasteiger partial charge in [-0.05, 0) is 25.1 Å². The van der Waals surface area contributed by atoms with E-state index in [1.54, 1.807) is 32.4 Å². The molecule has 0 spiro atoms. The van der Waals surface area contributed by atoms with Crippen LogP contribution in [0.4, 0.5) is 4.39 Å². The molecule has 1 atom stereocenters. The molecule has 0 saturated heterocycles. The van der Waals surface area contributed by atoms with E-state index >= 15 is 0 Å². The lowest BCUT2D eigenvalue weighted by atomic mass is 10.1. The van der Waals surface area contributed by atoms with Crippen LogP contribution in [0.2, 0.25) is 0 Å². The number of aliphatic hydroxyl groups is 1. The molecule has 29 heavy (non-hydrogen) atoms. The van der Waals surface area contributed by atoms with Crippen LogP contribution < -0.4 is 14.8 Å². The molecule has 1 unspecified atom stereocenters. The van der Waals surface area contributed by atoms with Crippen LogP contribution in [0.1, 0.15) is 24.2 Å². The summed E-state index contributed by atoms with van der Waals surface area (Å²) in [6.45, 7) is 3.21. The minimum absolute atomic E-state index is 0. The summed E-state index contributed by atoms with van der Waals surface area (Å²) in [4.78, 5) is 6.38. The predicted molar refractivity (Wildman–Crippen MR) is 124 cm³/mol. The lowest BCUT2D eigenvalue weighted by Crippen LogP contribution is -2.38. The molecule has 0 fully saturated rings. The highest BCUT2D eigenvalue weighted by molar-refractivity contribution is 14.0. The maximum absolute atomic E-state index is 13.8. The average Bonchev–Trinajstić information content (AvgIpc) is 2.71. The Hall–Kier alpha value is -2.07. The highest BCUT2D eigenvalue weighted by Crippen LogP contribution is 2.25. The number of guanidine groups is 1. The summed E-state index contributed by atoms with van der Waals surface area (Å²) in [5.41, 5.74) is 1.20. The van der Waals surface area contributed by atoms with Gasteiger partial charge in [0.05, 0.1) is 20.8 Å². The first-order valence-corrected chi connectivity index (χ1v) is 9.13. The molecule has 0 aromatic heterocycles. The fourth-order valence-electron chi connectivity index (χ4n) is 2.80. The largest absolute Gasteiger partial charge is 0.497 e. The normalized spacial score (nSPS) is 12.0. The van der Waals surface area contributed by atoms with Crippen molar-refractivity contribution in [2.75, 3.05) is 34.4 Å². The molecule has 0 aliphatic heterocycles. The third-order valence-electron chi connectivity index (χ3n) is 4.28. The molecule has 0 saturated carbocycles. The van der Waals surface area contributed by atoms with E-state index in [1.165, 1.54) is 6.07 Å². The van der Waals surface area contributed by atoms with Crippen LogP contribution in [0.3, 0.4) is 0 Å². The monoisotopic (exact) mass is 517 g/mol. The van der Waals surface area contributed by atoms with Crippen molar-refractivity contribution in [2.24, 2.45) is 4.99 Å². The summed E-state index contributed by atoms with van der Waals surface area (Å²) in [6, 6.07) is 11.8. The zero-order valence-electron chi connectivity index (χ0n) is 17.2. The van der Waals surface area contributed by atoms with Crippen molar-refractivity contribution in [1.82, 2.24) is 10.2 Å². The third-order valence-corrected chi connectivity index (χ3v) is 4.28. The Morgan fingerprint density at radius 3 is 2.55 bits per heavy atom. The van der Waals surface area contributed by atoms with Crippen molar-refractivity contribution in [1.29, 1.82) is 0 Å². The Labute approximate surface area is 188 Å². The SMILES string of the molecule is CCNC(=NCC(O)c1ccccc1F)N(C)Cc1ccc(OC)cc1OC.I. The van der Waals surface area contributed by atoms with Gasteiger partial charge >= 0.3 is 0 Å². The van der Waals surface area contributed by atoms with E-state index in [2.05, 4.69) is 10.3 Å². The number of ether oxygens (including phenoxy) is 2. The number of nitrogens with zero attached hydrogens (tertiary/aromatic N) is 2. The molecule has 6 nitrogen and oxygen atoms in total. The van der Waals surface area contributed by atoms with Crippen LogP contribution in [0.15, 0.2) is 47.5 Å². The number of hydrogen-bond donors (Lipinski definition) is 2. The number of aliphatic hydroxyl groups excluding tert-OH is 1. The van der Waals surface area contributed by atoms with Crippen LogP contribution in [0.5, 0.6) is 11.5 Å². The number of halogens is 2. The van der Waals surface area contributed by atoms with E-state index in [4.69, 9.17) is 9.47 Å². The smallest absolute Gasteiger partial charge is 0.194 e. The second-order valence-electron chi connectivity index (χ2n) is 6.27. The van der Waals surface area contributed by atoms with Crippen LogP contribution in [-0.2, 0) is 6.54 Å². The minimum Gasteiger partial charge on any atom is -0.497 e. The number of methoxy groups -OCH3 is 2. The maximum atomic E-state index is 13.8. The first kappa shape index (κ1) is 25.0. The summed E-state index contributed by atoms with van der Waals surface area (Å²) in [6.07, 6.45) is -1.02. The van der Waals surface area contributed by atoms with E-state index in [9.17, 15) is 9.50 Å². The van der Waals surface area contributed by atoms with E-state index in [0.717, 1.165) is 11.3 Å². The number of rotatable bonds is 8. The van der Waals surface area contributed by atoms with Gasteiger partial charge in [0, 0.05) is 37.3 Å². The molecule has 0 aliphatic carbocycles. The molecule has 0 radical (unpaired) electrons. The van der Waals surface area contributed by atoms with Gasteiger partial charge < -0.3 is 24.8 Å². The Morgan fingerprint density at radius 1 is 1.21 bits per heavy atom. The fraction of sp³-hybridized carbons (Fsp3) is 0.381. The second kappa shape index (κ2) is 12.5. The summed E-state index contributed by atoms with van der Waals surface area (Å²) in [5, 5.41) is 13.5. The van der Waals surface area contributed by atoms with Crippen molar-refractivity contribution >= 4 is 29.9 Å². The summed E-state index contributed by atoms with van der Waals surface area (Å²) < 4.78 is 24.5. The van der Waals surface area contributed by atoms with E-state index in [0.29, 0.717) is 24.8 Å². The van der Waals surface area contributed by atoms with Gasteiger partial charge in [-0.3, -0.25) is 4.99 Å². The summed E-state index contributed by atoms with van der Waals surface area (Å²) in [5.74, 6) is 1.60. The molecular formula is C21H29FIN3O3. The van der Waals surface area contributed by atoms with Gasteiger partial charge in [-0.15, -0.1) is 24.0 Å². The van der Waals surface area contributed by atoms with Gasteiger partial charge in [-0.1, -0.05) is 18.2 Å². The minimum atomic E-state index is -1.02. The molecule has 0 aliphatic rings. The topological polar surface area (TPSA) is 66.3 Å². The number of nitrogens with one attached hydrogen (secondary N) is 1. The Bertz CT molecular complexity index is 804. The van der Waals surface area contributed by atoms with Gasteiger partial charge in [-0.2, -0.15) is 0 Å². The van der Waals surface area contributed by atoms with Crippen LogP contribution in [0.25, 0.3) is 0 Å². The Morgan fingerprint density at radius 2 is 1.93 bits per heavy atom. The Balaban J connectivity index is 0.00000420. The molecule has 0 amide bonds. The molecule has 2 rings (SSSR count). The van der Waals surface area contributed by atoms with Crippen molar-refractivity contribution in [3.8, 4) is 11.5 Å². The van der Waals surface area contributed by atoms with Crippen molar-refractivity contribution in [3.05, 3.63) is 59.4 Å². The van der Waals surface area contributed by atoms with Crippen LogP contribution in [-0.4, -0.2) is 50.3 Å². The molecule has 160 valence electrons. The number of aliphatic imine (C=N–C) groups is 1. The zero-order chi connectivity index (χ0) is 20.5. The maximum Gasteiger partial charge on any atom is 0.194 e. The van der Waals surface area contributed by atoms with Gasteiger partial charge in [0.1, 0.15) is 23.4 Å². The molecule has 8 heteroatoms. The predicted octanol–water partition coefficient (Wildman–Crippen LogP) is 3.59. The molecule has 2 N–H and O–H groups in total. The lowest BCUT2D eigenvalue weighted by molar-refractivity contribution is 0.181. The van der Waals surface area contributed by atoms with Gasteiger partial charge in [0.2, 0.25) is 0 Å². The molecule has 0 heterocycles. The van der Waals surface area contributed by atoms with E-state index in [1.807, 2.05) is 37.1 Å².